The van der Waals surface area contributed by atoms with E-state index in [1.54, 1.807) is 0 Å². The van der Waals surface area contributed by atoms with Gasteiger partial charge in [0.25, 0.3) is 0 Å². The summed E-state index contributed by atoms with van der Waals surface area (Å²) in [7, 11) is 2.69. The van der Waals surface area contributed by atoms with Crippen LogP contribution in [0.5, 0.6) is 0 Å². The molecule has 0 saturated heterocycles. The van der Waals surface area contributed by atoms with Crippen molar-refractivity contribution in [2.45, 2.75) is 53.9 Å². The van der Waals surface area contributed by atoms with Gasteiger partial charge in [-0.3, -0.25) is 0 Å². The topological polar surface area (TPSA) is 121 Å². The van der Waals surface area contributed by atoms with E-state index in [1.165, 1.54) is 0 Å². The van der Waals surface area contributed by atoms with E-state index in [4.69, 9.17) is 19.2 Å². The van der Waals surface area contributed by atoms with Crippen LogP contribution < -0.4 is 37.7 Å². The first kappa shape index (κ1) is 37.0. The highest BCUT2D eigenvalue weighted by atomic mass is 31.2. The maximum absolute atomic E-state index is 8.55. The molecule has 0 aliphatic heterocycles. The van der Waals surface area contributed by atoms with E-state index in [0.717, 1.165) is 26.2 Å². The molecule has 4 aromatic heterocycles. The van der Waals surface area contributed by atoms with Gasteiger partial charge in [0.2, 0.25) is 25.3 Å². The predicted molar refractivity (Wildman–Crippen MR) is 133 cm³/mol. The molecule has 0 aromatic carbocycles. The molecule has 38 heavy (non-hydrogen) atoms. The Labute approximate surface area is 225 Å². The smallest absolute Gasteiger partial charge is 0.243 e. The second kappa shape index (κ2) is 19.9. The average molecular weight is 559 g/mol. The zero-order chi connectivity index (χ0) is 28.4. The van der Waals surface area contributed by atoms with E-state index >= 15 is 0 Å². The highest BCUT2D eigenvalue weighted by Gasteiger charge is 1.94. The Bertz CT molecular complexity index is 997. The van der Waals surface area contributed by atoms with Gasteiger partial charge in [-0.25, -0.2) is 36.5 Å². The summed E-state index contributed by atoms with van der Waals surface area (Å²) >= 11 is 0. The Hall–Kier alpha value is -3.12. The number of hydrogen-bond donors (Lipinski definition) is 0. The second-order valence-electron chi connectivity index (χ2n) is 8.09. The van der Waals surface area contributed by atoms with Crippen LogP contribution in [0.2, 0.25) is 0 Å². The van der Waals surface area contributed by atoms with Crippen LogP contribution in [0.4, 0.5) is 0 Å². The molecule has 0 aliphatic carbocycles. The van der Waals surface area contributed by atoms with Gasteiger partial charge < -0.3 is 23.9 Å². The molecule has 4 heterocycles. The molecule has 12 nitrogen and oxygen atoms in total. The molecule has 0 radical (unpaired) electrons. The molecule has 0 spiro atoms. The number of imidazole rings is 4. The molecule has 0 unspecified atom stereocenters. The van der Waals surface area contributed by atoms with Crippen molar-refractivity contribution in [3.8, 4) is 0 Å². The van der Waals surface area contributed by atoms with Gasteiger partial charge in [-0.15, -0.1) is 0 Å². The minimum absolute atomic E-state index is 0. The lowest BCUT2D eigenvalue weighted by molar-refractivity contribution is -0.671. The molecule has 0 amide bonds. The summed E-state index contributed by atoms with van der Waals surface area (Å²) in [6, 6.07) is 0. The van der Waals surface area contributed by atoms with E-state index in [-0.39, 0.29) is 4.70 Å². The van der Waals surface area contributed by atoms with E-state index in [9.17, 15) is 0 Å². The summed E-state index contributed by atoms with van der Waals surface area (Å²) in [4.78, 5) is 25.6. The SMILES string of the molecule is CCn1cc[n+](C)c1.CCn1cc[n+](C)c1.CCn1cc[n+](C)c1.CCn1cc[n+](C)c1.O=P([O-])([O-])[O-].[F-]. The Balaban J connectivity index is 0. The molecule has 14 heteroatoms. The van der Waals surface area contributed by atoms with Crippen molar-refractivity contribution >= 4 is 7.82 Å². The third kappa shape index (κ3) is 20.0. The molecule has 0 fully saturated rings. The Morgan fingerprint density at radius 1 is 0.526 bits per heavy atom. The number of halogens is 1. The van der Waals surface area contributed by atoms with Gasteiger partial charge in [-0.2, -0.15) is 7.82 Å². The summed E-state index contributed by atoms with van der Waals surface area (Å²) in [6.07, 6.45) is 24.6. The van der Waals surface area contributed by atoms with Crippen molar-refractivity contribution in [2.24, 2.45) is 28.2 Å². The summed E-state index contributed by atoms with van der Waals surface area (Å²) in [5.74, 6) is 0. The van der Waals surface area contributed by atoms with E-state index in [1.807, 2.05) is 71.2 Å². The lowest BCUT2D eigenvalue weighted by atomic mass is 10.7. The normalized spacial score (nSPS) is 9.76. The van der Waals surface area contributed by atoms with Gasteiger partial charge in [-0.1, -0.05) is 0 Å². The number of aryl methyl sites for hydroxylation is 8. The van der Waals surface area contributed by atoms with Crippen molar-refractivity contribution in [1.82, 2.24) is 18.3 Å². The summed E-state index contributed by atoms with van der Waals surface area (Å²) in [5, 5.41) is 0. The number of aromatic nitrogens is 8. The minimum Gasteiger partial charge on any atom is -1.00 e. The number of nitrogens with zero attached hydrogens (tertiary/aromatic N) is 8. The minimum atomic E-state index is -5.39. The number of hydrogen-bond acceptors (Lipinski definition) is 4. The maximum Gasteiger partial charge on any atom is 0.243 e. The van der Waals surface area contributed by atoms with Gasteiger partial charge in [0.05, 0.1) is 54.4 Å². The van der Waals surface area contributed by atoms with Crippen LogP contribution in [0.1, 0.15) is 27.7 Å². The van der Waals surface area contributed by atoms with Crippen LogP contribution in [0.15, 0.2) is 74.9 Å². The first-order chi connectivity index (χ1) is 17.3. The maximum atomic E-state index is 8.55. The molecule has 0 N–H and O–H groups in total. The number of rotatable bonds is 4. The fourth-order valence-electron chi connectivity index (χ4n) is 2.76. The van der Waals surface area contributed by atoms with Crippen LogP contribution in [0, 0.1) is 0 Å². The quantitative estimate of drug-likeness (QED) is 0.185. The fraction of sp³-hybridized carbons (Fsp3) is 0.500. The Morgan fingerprint density at radius 3 is 0.737 bits per heavy atom. The summed E-state index contributed by atoms with van der Waals surface area (Å²) < 4.78 is 25.2. The molecular formula is C24H44FN8O4P. The molecule has 0 aliphatic rings. The first-order valence-corrected chi connectivity index (χ1v) is 13.5. The second-order valence-corrected chi connectivity index (χ2v) is 8.98. The highest BCUT2D eigenvalue weighted by molar-refractivity contribution is 7.40. The molecule has 4 aromatic rings. The van der Waals surface area contributed by atoms with Gasteiger partial charge in [0, 0.05) is 0 Å². The van der Waals surface area contributed by atoms with Crippen LogP contribution in [0.25, 0.3) is 0 Å². The lowest BCUT2D eigenvalue weighted by Gasteiger charge is -2.36. The fourth-order valence-corrected chi connectivity index (χ4v) is 2.76. The van der Waals surface area contributed by atoms with Crippen molar-refractivity contribution in [2.75, 3.05) is 0 Å². The summed E-state index contributed by atoms with van der Waals surface area (Å²) in [5.41, 5.74) is 0. The van der Waals surface area contributed by atoms with Crippen molar-refractivity contribution in [3.63, 3.8) is 0 Å². The number of phosphoric acid groups is 1. The molecule has 0 bridgehead atoms. The van der Waals surface area contributed by atoms with Gasteiger partial charge in [-0.05, 0) is 27.7 Å². The monoisotopic (exact) mass is 558 g/mol. The van der Waals surface area contributed by atoms with Crippen molar-refractivity contribution < 1.29 is 42.2 Å². The van der Waals surface area contributed by atoms with Crippen LogP contribution in [-0.2, 0) is 58.9 Å². The van der Waals surface area contributed by atoms with Crippen molar-refractivity contribution in [3.05, 3.63) is 74.9 Å². The van der Waals surface area contributed by atoms with E-state index in [0.29, 0.717) is 0 Å². The largest absolute Gasteiger partial charge is 1.00 e. The highest BCUT2D eigenvalue weighted by Crippen LogP contribution is 2.03. The molecule has 0 atom stereocenters. The van der Waals surface area contributed by atoms with Crippen LogP contribution >= 0.6 is 7.82 Å². The Morgan fingerprint density at radius 2 is 0.684 bits per heavy atom. The average Bonchev–Trinajstić information content (AvgIpc) is 3.63. The summed E-state index contributed by atoms with van der Waals surface area (Å²) in [6.45, 7) is 12.7. The van der Waals surface area contributed by atoms with Crippen LogP contribution in [-0.4, -0.2) is 18.3 Å². The van der Waals surface area contributed by atoms with E-state index in [2.05, 4.69) is 96.1 Å². The molecule has 216 valence electrons. The van der Waals surface area contributed by atoms with E-state index < -0.39 is 7.82 Å². The first-order valence-electron chi connectivity index (χ1n) is 12.1. The zero-order valence-corrected chi connectivity index (χ0v) is 24.7. The molecular weight excluding hydrogens is 514 g/mol. The standard InChI is InChI=1S/4C6H11N2.FH.H3O4P/c4*1-3-8-5-4-7(2)6-8;;1-5(2,3)4/h4*4-6H,3H2,1-2H3;1H;(H3,1,2,3,4)/q4*+1;;/p-4. The Kier molecular flexibility index (Phi) is 19.4. The third-order valence-electron chi connectivity index (χ3n) is 4.76. The van der Waals surface area contributed by atoms with Gasteiger partial charge in [0.1, 0.15) is 49.6 Å². The third-order valence-corrected chi connectivity index (χ3v) is 4.76. The predicted octanol–water partition coefficient (Wildman–Crippen LogP) is -4.49. The van der Waals surface area contributed by atoms with Crippen molar-refractivity contribution in [1.29, 1.82) is 0 Å². The lowest BCUT2D eigenvalue weighted by Crippen LogP contribution is -3.00. The molecule has 4 rings (SSSR count). The molecule has 0 saturated carbocycles. The van der Waals surface area contributed by atoms with Crippen LogP contribution in [0.3, 0.4) is 0 Å². The van der Waals surface area contributed by atoms with Gasteiger partial charge >= 0.3 is 0 Å². The zero-order valence-electron chi connectivity index (χ0n) is 23.8. The van der Waals surface area contributed by atoms with Gasteiger partial charge in [0.15, 0.2) is 0 Å².